The summed E-state index contributed by atoms with van der Waals surface area (Å²) in [4.78, 5) is 11.3. The second kappa shape index (κ2) is 7.54. The van der Waals surface area contributed by atoms with Crippen LogP contribution in [0.5, 0.6) is 11.5 Å². The fourth-order valence-electron chi connectivity index (χ4n) is 2.00. The van der Waals surface area contributed by atoms with Gasteiger partial charge in [0.25, 0.3) is 0 Å². The van der Waals surface area contributed by atoms with E-state index < -0.39 is 40.1 Å². The van der Waals surface area contributed by atoms with Crippen molar-refractivity contribution in [2.45, 2.75) is 45.5 Å². The molecular weight excluding hydrogens is 309 g/mol. The third-order valence-corrected chi connectivity index (χ3v) is 3.51. The Kier molecular flexibility index (Phi) is 6.33. The zero-order chi connectivity index (χ0) is 16.2. The first-order valence-corrected chi connectivity index (χ1v) is 6.94. The first kappa shape index (κ1) is 17.6. The third kappa shape index (κ3) is 3.81. The van der Waals surface area contributed by atoms with Gasteiger partial charge in [-0.15, -0.1) is 0 Å². The Morgan fingerprint density at radius 1 is 1.19 bits per heavy atom. The number of unbranched alkanes of at least 4 members (excludes halogenated alkanes) is 3. The summed E-state index contributed by atoms with van der Waals surface area (Å²) in [6, 6.07) is 0. The minimum atomic E-state index is -3.47. The highest BCUT2D eigenvalue weighted by Gasteiger charge is 2.31. The van der Waals surface area contributed by atoms with Gasteiger partial charge in [-0.05, 0) is 12.8 Å². The lowest BCUT2D eigenvalue weighted by molar-refractivity contribution is 0.0670. The lowest BCUT2D eigenvalue weighted by Crippen LogP contribution is -2.14. The lowest BCUT2D eigenvalue weighted by Gasteiger charge is -2.13. The number of phenolic OH excluding ortho intramolecular Hbond substituents is 2. The van der Waals surface area contributed by atoms with Crippen LogP contribution in [0.25, 0.3) is 0 Å². The molecule has 0 saturated carbocycles. The van der Waals surface area contributed by atoms with Crippen LogP contribution >= 0.6 is 11.6 Å². The Hall–Kier alpha value is -1.43. The summed E-state index contributed by atoms with van der Waals surface area (Å²) in [7, 11) is 0. The molecule has 1 aromatic rings. The van der Waals surface area contributed by atoms with E-state index in [4.69, 9.17) is 11.6 Å². The normalized spacial score (nSPS) is 11.1. The Balaban J connectivity index is 3.22. The van der Waals surface area contributed by atoms with Crippen molar-refractivity contribution >= 4 is 17.4 Å². The van der Waals surface area contributed by atoms with E-state index in [2.05, 4.69) is 0 Å². The summed E-state index contributed by atoms with van der Waals surface area (Å²) >= 11 is 5.58. The summed E-state index contributed by atoms with van der Waals surface area (Å²) in [6.07, 6.45) is -0.328. The number of ketones is 1. The van der Waals surface area contributed by atoms with Crippen molar-refractivity contribution in [3.05, 3.63) is 22.0 Å². The molecule has 7 heteroatoms. The van der Waals surface area contributed by atoms with Gasteiger partial charge in [0.15, 0.2) is 5.75 Å². The second-order valence-corrected chi connectivity index (χ2v) is 5.03. The predicted molar refractivity (Wildman–Crippen MR) is 72.9 cm³/mol. The van der Waals surface area contributed by atoms with E-state index in [0.717, 1.165) is 19.3 Å². The molecule has 21 heavy (non-hydrogen) atoms. The number of aromatic hydroxyl groups is 2. The maximum absolute atomic E-state index is 14.2. The number of Topliss-reactive ketones (excluding diaryl/α,β-unsaturated/α-hetero) is 1. The van der Waals surface area contributed by atoms with Gasteiger partial charge in [-0.25, -0.2) is 13.2 Å². The molecule has 0 spiro atoms. The highest BCUT2D eigenvalue weighted by Crippen LogP contribution is 2.42. The largest absolute Gasteiger partial charge is 0.506 e. The van der Waals surface area contributed by atoms with Crippen LogP contribution in [0.2, 0.25) is 5.02 Å². The van der Waals surface area contributed by atoms with Crippen LogP contribution < -0.4 is 0 Å². The fraction of sp³-hybridized carbons (Fsp3) is 0.500. The molecule has 0 saturated heterocycles. The first-order valence-electron chi connectivity index (χ1n) is 6.57. The van der Waals surface area contributed by atoms with Gasteiger partial charge in [-0.2, -0.15) is 0 Å². The molecular formula is C14H16ClF3O3. The monoisotopic (exact) mass is 324 g/mol. The molecule has 0 aliphatic heterocycles. The number of hydrogen-bond donors (Lipinski definition) is 2. The minimum absolute atomic E-state index is 0.0428. The Morgan fingerprint density at radius 2 is 1.81 bits per heavy atom. The lowest BCUT2D eigenvalue weighted by atomic mass is 9.99. The van der Waals surface area contributed by atoms with Crippen LogP contribution in [0.1, 0.15) is 48.5 Å². The molecule has 0 atom stereocenters. The molecule has 0 radical (unpaired) electrons. The van der Waals surface area contributed by atoms with Gasteiger partial charge in [0.2, 0.25) is 5.78 Å². The highest BCUT2D eigenvalue weighted by molar-refractivity contribution is 6.34. The molecule has 0 amide bonds. The number of benzene rings is 1. The molecule has 1 aromatic carbocycles. The first-order chi connectivity index (χ1) is 9.82. The van der Waals surface area contributed by atoms with Crippen molar-refractivity contribution in [3.63, 3.8) is 0 Å². The standard InChI is InChI=1S/C14H16ClF3O3/c1-2-3-4-5-6-7-10(16)8(13(21)14(17)18)12(20)9(15)11(7)19/h14,19-20H,2-6H2,1H3. The summed E-state index contributed by atoms with van der Waals surface area (Å²) in [5.41, 5.74) is -1.49. The number of alkyl halides is 2. The van der Waals surface area contributed by atoms with Crippen LogP contribution in [-0.2, 0) is 6.42 Å². The molecule has 0 aliphatic rings. The smallest absolute Gasteiger partial charge is 0.300 e. The number of carbonyl (C=O) groups is 1. The molecule has 0 fully saturated rings. The second-order valence-electron chi connectivity index (χ2n) is 4.65. The minimum Gasteiger partial charge on any atom is -0.506 e. The maximum atomic E-state index is 14.2. The summed E-state index contributed by atoms with van der Waals surface area (Å²) < 4.78 is 39.1. The fourth-order valence-corrected chi connectivity index (χ4v) is 2.21. The summed E-state index contributed by atoms with van der Waals surface area (Å²) in [5, 5.41) is 18.6. The molecule has 0 aliphatic carbocycles. The number of halogens is 4. The zero-order valence-electron chi connectivity index (χ0n) is 11.4. The zero-order valence-corrected chi connectivity index (χ0v) is 12.2. The van der Waals surface area contributed by atoms with Gasteiger partial charge in [0, 0.05) is 5.56 Å². The molecule has 0 aromatic heterocycles. The van der Waals surface area contributed by atoms with Crippen LogP contribution in [0.15, 0.2) is 0 Å². The molecule has 1 rings (SSSR count). The maximum Gasteiger partial charge on any atom is 0.300 e. The van der Waals surface area contributed by atoms with Gasteiger partial charge in [-0.1, -0.05) is 37.8 Å². The van der Waals surface area contributed by atoms with Crippen molar-refractivity contribution in [1.82, 2.24) is 0 Å². The van der Waals surface area contributed by atoms with E-state index in [-0.39, 0.29) is 12.0 Å². The van der Waals surface area contributed by atoms with Crippen LogP contribution in [0.3, 0.4) is 0 Å². The highest BCUT2D eigenvalue weighted by atomic mass is 35.5. The van der Waals surface area contributed by atoms with Crippen molar-refractivity contribution in [1.29, 1.82) is 0 Å². The van der Waals surface area contributed by atoms with Gasteiger partial charge in [-0.3, -0.25) is 4.79 Å². The van der Waals surface area contributed by atoms with Gasteiger partial charge in [0.1, 0.15) is 22.2 Å². The van der Waals surface area contributed by atoms with Crippen molar-refractivity contribution < 1.29 is 28.2 Å². The number of phenols is 2. The average Bonchev–Trinajstić information content (AvgIpc) is 2.44. The molecule has 0 bridgehead atoms. The van der Waals surface area contributed by atoms with Crippen molar-refractivity contribution in [2.75, 3.05) is 0 Å². The average molecular weight is 325 g/mol. The number of rotatable bonds is 7. The SMILES string of the molecule is CCCCCCc1c(O)c(Cl)c(O)c(C(=O)C(F)F)c1F. The van der Waals surface area contributed by atoms with E-state index in [9.17, 15) is 28.2 Å². The topological polar surface area (TPSA) is 57.5 Å². The Morgan fingerprint density at radius 3 is 2.33 bits per heavy atom. The third-order valence-electron chi connectivity index (χ3n) is 3.15. The Bertz CT molecular complexity index is 533. The van der Waals surface area contributed by atoms with Gasteiger partial charge >= 0.3 is 6.43 Å². The quantitative estimate of drug-likeness (QED) is 0.575. The van der Waals surface area contributed by atoms with Crippen LogP contribution in [0.4, 0.5) is 13.2 Å². The van der Waals surface area contributed by atoms with E-state index in [1.165, 1.54) is 0 Å². The summed E-state index contributed by atoms with van der Waals surface area (Å²) in [5.74, 6) is -5.07. The molecule has 2 N–H and O–H groups in total. The predicted octanol–water partition coefficient (Wildman–Crippen LogP) is 4.46. The molecule has 118 valence electrons. The summed E-state index contributed by atoms with van der Waals surface area (Å²) in [6.45, 7) is 1.98. The van der Waals surface area contributed by atoms with E-state index in [1.54, 1.807) is 0 Å². The Labute approximate surface area is 125 Å². The van der Waals surface area contributed by atoms with Crippen molar-refractivity contribution in [3.8, 4) is 11.5 Å². The van der Waals surface area contributed by atoms with E-state index in [1.807, 2.05) is 6.92 Å². The van der Waals surface area contributed by atoms with E-state index >= 15 is 0 Å². The van der Waals surface area contributed by atoms with Crippen LogP contribution in [0, 0.1) is 5.82 Å². The van der Waals surface area contributed by atoms with Crippen molar-refractivity contribution in [2.24, 2.45) is 0 Å². The number of carbonyl (C=O) groups excluding carboxylic acids is 1. The van der Waals surface area contributed by atoms with Gasteiger partial charge in [0.05, 0.1) is 0 Å². The molecule has 0 unspecified atom stereocenters. The van der Waals surface area contributed by atoms with Crippen LogP contribution in [-0.4, -0.2) is 22.4 Å². The number of hydrogen-bond acceptors (Lipinski definition) is 3. The van der Waals surface area contributed by atoms with E-state index in [0.29, 0.717) is 6.42 Å². The molecule has 0 heterocycles. The molecule has 3 nitrogen and oxygen atoms in total. The van der Waals surface area contributed by atoms with Gasteiger partial charge < -0.3 is 10.2 Å².